The number of fused-ring (bicyclic) bond motifs is 1. The van der Waals surface area contributed by atoms with E-state index in [0.29, 0.717) is 11.4 Å². The van der Waals surface area contributed by atoms with Crippen LogP contribution < -0.4 is 10.6 Å². The number of anilines is 1. The molecule has 2 N–H and O–H groups in total. The first-order valence-corrected chi connectivity index (χ1v) is 5.78. The number of rotatable bonds is 1. The van der Waals surface area contributed by atoms with E-state index in [4.69, 9.17) is 0 Å². The first kappa shape index (κ1) is 9.35. The Labute approximate surface area is 96.3 Å². The van der Waals surface area contributed by atoms with Crippen LogP contribution >= 0.6 is 11.3 Å². The zero-order valence-electron chi connectivity index (χ0n) is 8.31. The van der Waals surface area contributed by atoms with Gasteiger partial charge in [0.25, 0.3) is 5.91 Å². The zero-order valence-corrected chi connectivity index (χ0v) is 9.12. The maximum atomic E-state index is 11.8. The third kappa shape index (κ3) is 1.45. The number of nitrogens with one attached hydrogen (secondary N) is 2. The van der Waals surface area contributed by atoms with Crippen molar-refractivity contribution in [1.29, 1.82) is 0 Å². The van der Waals surface area contributed by atoms with Crippen LogP contribution in [-0.4, -0.2) is 10.9 Å². The molecule has 0 radical (unpaired) electrons. The van der Waals surface area contributed by atoms with E-state index >= 15 is 0 Å². The lowest BCUT2D eigenvalue weighted by Gasteiger charge is -2.25. The molecule has 0 saturated carbocycles. The maximum Gasteiger partial charge on any atom is 0.256 e. The second-order valence-corrected chi connectivity index (χ2v) is 4.45. The van der Waals surface area contributed by atoms with Gasteiger partial charge in [0.15, 0.2) is 0 Å². The van der Waals surface area contributed by atoms with Crippen LogP contribution in [0.5, 0.6) is 0 Å². The number of carbonyl (C=O) groups excluding carboxylic acids is 1. The molecule has 0 aromatic carbocycles. The molecule has 1 aliphatic rings. The van der Waals surface area contributed by atoms with Gasteiger partial charge in [0.05, 0.1) is 5.56 Å². The van der Waals surface area contributed by atoms with Gasteiger partial charge in [-0.1, -0.05) is 6.07 Å². The summed E-state index contributed by atoms with van der Waals surface area (Å²) in [6, 6.07) is 7.46. The number of aromatic nitrogens is 1. The molecule has 80 valence electrons. The topological polar surface area (TPSA) is 54.0 Å². The number of hydrogen-bond donors (Lipinski definition) is 2. The SMILES string of the molecule is O=C1NC(c2cccs2)Nc2ncccc21. The van der Waals surface area contributed by atoms with Gasteiger partial charge < -0.3 is 10.6 Å². The fourth-order valence-corrected chi connectivity index (χ4v) is 2.41. The van der Waals surface area contributed by atoms with Crippen molar-refractivity contribution in [2.24, 2.45) is 0 Å². The summed E-state index contributed by atoms with van der Waals surface area (Å²) in [6.45, 7) is 0. The fraction of sp³-hybridized carbons (Fsp3) is 0.0909. The number of hydrogen-bond acceptors (Lipinski definition) is 4. The highest BCUT2D eigenvalue weighted by molar-refractivity contribution is 7.10. The molecule has 16 heavy (non-hydrogen) atoms. The molecule has 4 nitrogen and oxygen atoms in total. The van der Waals surface area contributed by atoms with Crippen LogP contribution in [0.3, 0.4) is 0 Å². The highest BCUT2D eigenvalue weighted by atomic mass is 32.1. The van der Waals surface area contributed by atoms with E-state index in [2.05, 4.69) is 15.6 Å². The number of pyridine rings is 1. The van der Waals surface area contributed by atoms with Gasteiger partial charge in [-0.25, -0.2) is 4.98 Å². The minimum absolute atomic E-state index is 0.0831. The summed E-state index contributed by atoms with van der Waals surface area (Å²) in [5.74, 6) is 0.560. The average molecular weight is 231 g/mol. The molecule has 0 spiro atoms. The van der Waals surface area contributed by atoms with Crippen LogP contribution in [0.1, 0.15) is 21.4 Å². The quantitative estimate of drug-likeness (QED) is 0.789. The molecule has 3 heterocycles. The van der Waals surface area contributed by atoms with Crippen LogP contribution in [0.2, 0.25) is 0 Å². The Morgan fingerprint density at radius 3 is 3.00 bits per heavy atom. The molecule has 2 aromatic rings. The Kier molecular flexibility index (Phi) is 2.11. The Bertz CT molecular complexity index is 524. The Hall–Kier alpha value is -1.88. The lowest BCUT2D eigenvalue weighted by Crippen LogP contribution is -2.38. The van der Waals surface area contributed by atoms with E-state index in [-0.39, 0.29) is 12.1 Å². The van der Waals surface area contributed by atoms with Gasteiger partial charge in [0, 0.05) is 11.1 Å². The van der Waals surface area contributed by atoms with Crippen molar-refractivity contribution in [3.8, 4) is 0 Å². The molecular formula is C11H9N3OS. The Balaban J connectivity index is 1.98. The third-order valence-electron chi connectivity index (χ3n) is 2.44. The van der Waals surface area contributed by atoms with Crippen LogP contribution in [0, 0.1) is 0 Å². The lowest BCUT2D eigenvalue weighted by atomic mass is 10.2. The van der Waals surface area contributed by atoms with Gasteiger partial charge in [0.2, 0.25) is 0 Å². The maximum absolute atomic E-state index is 11.8. The summed E-state index contributed by atoms with van der Waals surface area (Å²) < 4.78 is 0. The molecule has 0 saturated heterocycles. The fourth-order valence-electron chi connectivity index (χ4n) is 1.68. The lowest BCUT2D eigenvalue weighted by molar-refractivity contribution is 0.0935. The molecule has 1 unspecified atom stereocenters. The first-order chi connectivity index (χ1) is 7.84. The van der Waals surface area contributed by atoms with Gasteiger partial charge >= 0.3 is 0 Å². The Morgan fingerprint density at radius 1 is 1.25 bits per heavy atom. The predicted octanol–water partition coefficient (Wildman–Crippen LogP) is 2.00. The number of thiophene rings is 1. The second kappa shape index (κ2) is 3.61. The Morgan fingerprint density at radius 2 is 2.19 bits per heavy atom. The van der Waals surface area contributed by atoms with Gasteiger partial charge in [-0.2, -0.15) is 0 Å². The number of nitrogens with zero attached hydrogens (tertiary/aromatic N) is 1. The molecule has 1 amide bonds. The van der Waals surface area contributed by atoms with Crippen LogP contribution in [-0.2, 0) is 0 Å². The van der Waals surface area contributed by atoms with Crippen molar-refractivity contribution >= 4 is 23.1 Å². The van der Waals surface area contributed by atoms with Crippen molar-refractivity contribution in [2.45, 2.75) is 6.17 Å². The van der Waals surface area contributed by atoms with Crippen molar-refractivity contribution in [1.82, 2.24) is 10.3 Å². The number of carbonyl (C=O) groups is 1. The first-order valence-electron chi connectivity index (χ1n) is 4.90. The summed E-state index contributed by atoms with van der Waals surface area (Å²) in [4.78, 5) is 17.0. The summed E-state index contributed by atoms with van der Waals surface area (Å²) in [6.07, 6.45) is 1.51. The minimum Gasteiger partial charge on any atom is -0.345 e. The summed E-state index contributed by atoms with van der Waals surface area (Å²) in [5, 5.41) is 8.08. The van der Waals surface area contributed by atoms with E-state index in [1.807, 2.05) is 17.5 Å². The molecule has 0 aliphatic carbocycles. The summed E-state index contributed by atoms with van der Waals surface area (Å²) in [7, 11) is 0. The van der Waals surface area contributed by atoms with Gasteiger partial charge in [0.1, 0.15) is 12.0 Å². The molecule has 0 fully saturated rings. The molecule has 2 aromatic heterocycles. The molecule has 3 rings (SSSR count). The van der Waals surface area contributed by atoms with E-state index < -0.39 is 0 Å². The normalized spacial score (nSPS) is 18.5. The highest BCUT2D eigenvalue weighted by Crippen LogP contribution is 2.26. The third-order valence-corrected chi connectivity index (χ3v) is 3.37. The smallest absolute Gasteiger partial charge is 0.256 e. The minimum atomic E-state index is -0.171. The van der Waals surface area contributed by atoms with Crippen LogP contribution in [0.25, 0.3) is 0 Å². The largest absolute Gasteiger partial charge is 0.345 e. The standard InChI is InChI=1S/C11H9N3OS/c15-11-7-3-1-5-12-9(7)13-10(14-11)8-4-2-6-16-8/h1-6,10H,(H,12,13)(H,14,15). The monoisotopic (exact) mass is 231 g/mol. The van der Waals surface area contributed by atoms with Gasteiger partial charge in [-0.3, -0.25) is 4.79 Å². The van der Waals surface area contributed by atoms with E-state index in [1.165, 1.54) is 0 Å². The van der Waals surface area contributed by atoms with E-state index in [0.717, 1.165) is 4.88 Å². The van der Waals surface area contributed by atoms with Crippen LogP contribution in [0.15, 0.2) is 35.8 Å². The molecule has 0 bridgehead atoms. The molecule has 5 heteroatoms. The van der Waals surface area contributed by atoms with Crippen molar-refractivity contribution in [3.05, 3.63) is 46.3 Å². The van der Waals surface area contributed by atoms with Crippen molar-refractivity contribution in [2.75, 3.05) is 5.32 Å². The van der Waals surface area contributed by atoms with Crippen molar-refractivity contribution < 1.29 is 4.79 Å². The van der Waals surface area contributed by atoms with Gasteiger partial charge in [-0.15, -0.1) is 11.3 Å². The summed E-state index contributed by atoms with van der Waals surface area (Å²) in [5.41, 5.74) is 0.593. The van der Waals surface area contributed by atoms with E-state index in [1.54, 1.807) is 29.7 Å². The molecule has 1 aliphatic heterocycles. The van der Waals surface area contributed by atoms with Crippen LogP contribution in [0.4, 0.5) is 5.82 Å². The highest BCUT2D eigenvalue weighted by Gasteiger charge is 2.25. The summed E-state index contributed by atoms with van der Waals surface area (Å²) >= 11 is 1.60. The van der Waals surface area contributed by atoms with Gasteiger partial charge in [-0.05, 0) is 23.6 Å². The number of amides is 1. The van der Waals surface area contributed by atoms with Crippen molar-refractivity contribution in [3.63, 3.8) is 0 Å². The van der Waals surface area contributed by atoms with E-state index in [9.17, 15) is 4.79 Å². The predicted molar refractivity (Wildman–Crippen MR) is 62.4 cm³/mol. The second-order valence-electron chi connectivity index (χ2n) is 3.47. The molecule has 1 atom stereocenters. The zero-order chi connectivity index (χ0) is 11.0. The molecular weight excluding hydrogens is 222 g/mol. The average Bonchev–Trinajstić information content (AvgIpc) is 2.82.